The van der Waals surface area contributed by atoms with E-state index in [1.165, 1.54) is 35.2 Å². The highest BCUT2D eigenvalue weighted by molar-refractivity contribution is 5.66. The number of rotatable bonds is 11. The molecule has 4 aromatic carbocycles. The standard InChI is InChI=1S/C22H27NO3.C13H11F.CH4N2/c1-17-7-6-10-20(13-17)14-21(15-26-18(2)25)22(23-16-24)12-11-19-8-4-3-5-9-19;1-10-5-7-11(8-6-10)12-3-2-4-13(14)9-12;2-1-3/h3-10,13,16,21-22H,11-12,14-15H2,1-2H3,(H,23,24);2-9H,1H3;1H,(H3,2,3). The first-order chi connectivity index (χ1) is 20.7. The first-order valence-electron chi connectivity index (χ1n) is 14.2. The third-order valence-corrected chi connectivity index (χ3v) is 6.73. The monoisotopic (exact) mass is 583 g/mol. The molecule has 43 heavy (non-hydrogen) atoms. The number of esters is 1. The van der Waals surface area contributed by atoms with E-state index < -0.39 is 0 Å². The maximum Gasteiger partial charge on any atom is 0.302 e. The molecule has 2 unspecified atom stereocenters. The first kappa shape index (κ1) is 34.4. The second-order valence-electron chi connectivity index (χ2n) is 10.2. The van der Waals surface area contributed by atoms with Crippen molar-refractivity contribution < 1.29 is 18.7 Å². The maximum absolute atomic E-state index is 12.9. The minimum absolute atomic E-state index is 0.0228. The van der Waals surface area contributed by atoms with Gasteiger partial charge in [0.25, 0.3) is 0 Å². The van der Waals surface area contributed by atoms with Crippen molar-refractivity contribution in [2.24, 2.45) is 11.7 Å². The summed E-state index contributed by atoms with van der Waals surface area (Å²) in [6.07, 6.45) is 3.89. The average molecular weight is 584 g/mol. The molecule has 0 aliphatic rings. The number of carbonyl (C=O) groups is 2. The molecule has 0 saturated heterocycles. The SMILES string of the molecule is CC(=O)OCC(Cc1cccc(C)c1)C(CCc1ccccc1)NC=O.Cc1ccc(-c2cccc(F)c2)cc1.N=CN. The second kappa shape index (κ2) is 19.4. The van der Waals surface area contributed by atoms with Crippen molar-refractivity contribution in [1.29, 1.82) is 5.41 Å². The molecule has 7 heteroatoms. The Morgan fingerprint density at radius 1 is 0.884 bits per heavy atom. The molecule has 1 amide bonds. The van der Waals surface area contributed by atoms with Crippen LogP contribution < -0.4 is 11.1 Å². The van der Waals surface area contributed by atoms with Crippen molar-refractivity contribution in [2.75, 3.05) is 6.61 Å². The van der Waals surface area contributed by atoms with E-state index in [1.54, 1.807) is 12.1 Å². The summed E-state index contributed by atoms with van der Waals surface area (Å²) < 4.78 is 18.2. The number of ether oxygens (including phenoxy) is 1. The van der Waals surface area contributed by atoms with Crippen molar-refractivity contribution in [3.05, 3.63) is 131 Å². The molecule has 2 atom stereocenters. The molecule has 0 heterocycles. The number of nitrogens with one attached hydrogen (secondary N) is 2. The number of carbonyl (C=O) groups excluding carboxylic acids is 2. The Balaban J connectivity index is 0.000000316. The summed E-state index contributed by atoms with van der Waals surface area (Å²) in [6, 6.07) is 33.1. The van der Waals surface area contributed by atoms with Gasteiger partial charge in [0, 0.05) is 18.9 Å². The second-order valence-corrected chi connectivity index (χ2v) is 10.2. The normalized spacial score (nSPS) is 11.3. The summed E-state index contributed by atoms with van der Waals surface area (Å²) in [5, 5.41) is 8.80. The number of aryl methyl sites for hydroxylation is 3. The molecule has 0 saturated carbocycles. The van der Waals surface area contributed by atoms with E-state index in [1.807, 2.05) is 61.5 Å². The number of hydrogen-bond donors (Lipinski definition) is 3. The van der Waals surface area contributed by atoms with Gasteiger partial charge in [-0.2, -0.15) is 0 Å². The van der Waals surface area contributed by atoms with Crippen LogP contribution in [0.5, 0.6) is 0 Å². The van der Waals surface area contributed by atoms with Gasteiger partial charge in [-0.1, -0.05) is 102 Å². The Morgan fingerprint density at radius 2 is 1.53 bits per heavy atom. The van der Waals surface area contributed by atoms with E-state index in [2.05, 4.69) is 48.3 Å². The molecule has 0 aromatic heterocycles. The van der Waals surface area contributed by atoms with Crippen LogP contribution in [0, 0.1) is 31.0 Å². The van der Waals surface area contributed by atoms with Crippen LogP contribution in [-0.2, 0) is 27.2 Å². The third kappa shape index (κ3) is 13.6. The van der Waals surface area contributed by atoms with E-state index >= 15 is 0 Å². The quantitative estimate of drug-likeness (QED) is 0.0780. The Labute approximate surface area is 254 Å². The van der Waals surface area contributed by atoms with Crippen LogP contribution in [0.1, 0.15) is 35.6 Å². The Hall–Kier alpha value is -4.78. The van der Waals surface area contributed by atoms with Crippen LogP contribution in [0.25, 0.3) is 11.1 Å². The zero-order valence-corrected chi connectivity index (χ0v) is 25.1. The predicted molar refractivity (Wildman–Crippen MR) is 172 cm³/mol. The molecule has 0 radical (unpaired) electrons. The molecule has 226 valence electrons. The van der Waals surface area contributed by atoms with Gasteiger partial charge in [-0.15, -0.1) is 0 Å². The zero-order valence-electron chi connectivity index (χ0n) is 25.1. The Bertz CT molecular complexity index is 1390. The summed E-state index contributed by atoms with van der Waals surface area (Å²) in [5.41, 5.74) is 11.2. The van der Waals surface area contributed by atoms with Crippen LogP contribution in [-0.4, -0.2) is 31.4 Å². The van der Waals surface area contributed by atoms with Crippen molar-refractivity contribution in [2.45, 2.75) is 46.1 Å². The lowest BCUT2D eigenvalue weighted by Gasteiger charge is -2.27. The third-order valence-electron chi connectivity index (χ3n) is 6.73. The lowest BCUT2D eigenvalue weighted by atomic mass is 9.88. The summed E-state index contributed by atoms with van der Waals surface area (Å²) in [6.45, 7) is 5.80. The highest BCUT2D eigenvalue weighted by Gasteiger charge is 2.23. The van der Waals surface area contributed by atoms with Crippen LogP contribution in [0.2, 0.25) is 0 Å². The van der Waals surface area contributed by atoms with Crippen LogP contribution in [0.4, 0.5) is 4.39 Å². The molecule has 6 nitrogen and oxygen atoms in total. The smallest absolute Gasteiger partial charge is 0.302 e. The Morgan fingerprint density at radius 3 is 2.14 bits per heavy atom. The maximum atomic E-state index is 12.9. The average Bonchev–Trinajstić information content (AvgIpc) is 2.99. The Kier molecular flexibility index (Phi) is 15.5. The number of nitrogens with two attached hydrogens (primary N) is 1. The van der Waals surface area contributed by atoms with Gasteiger partial charge >= 0.3 is 5.97 Å². The van der Waals surface area contributed by atoms with Crippen LogP contribution >= 0.6 is 0 Å². The molecule has 0 aliphatic heterocycles. The van der Waals surface area contributed by atoms with E-state index in [-0.39, 0.29) is 23.7 Å². The van der Waals surface area contributed by atoms with Gasteiger partial charge in [0.05, 0.1) is 12.9 Å². The minimum Gasteiger partial charge on any atom is -0.465 e. The highest BCUT2D eigenvalue weighted by atomic mass is 19.1. The topological polar surface area (TPSA) is 105 Å². The van der Waals surface area contributed by atoms with Gasteiger partial charge < -0.3 is 15.8 Å². The summed E-state index contributed by atoms with van der Waals surface area (Å²) in [7, 11) is 0. The lowest BCUT2D eigenvalue weighted by Crippen LogP contribution is -2.39. The number of hydrogen-bond acceptors (Lipinski definition) is 4. The summed E-state index contributed by atoms with van der Waals surface area (Å²) in [5.74, 6) is -0.468. The van der Waals surface area contributed by atoms with E-state index in [4.69, 9.17) is 10.1 Å². The molecule has 0 bridgehead atoms. The highest BCUT2D eigenvalue weighted by Crippen LogP contribution is 2.21. The van der Waals surface area contributed by atoms with Crippen molar-refractivity contribution >= 4 is 18.7 Å². The molecule has 0 spiro atoms. The van der Waals surface area contributed by atoms with E-state index in [0.717, 1.165) is 43.1 Å². The first-order valence-corrected chi connectivity index (χ1v) is 14.2. The van der Waals surface area contributed by atoms with E-state index in [9.17, 15) is 14.0 Å². The van der Waals surface area contributed by atoms with E-state index in [0.29, 0.717) is 6.61 Å². The zero-order chi connectivity index (χ0) is 31.5. The van der Waals surface area contributed by atoms with Crippen molar-refractivity contribution in [1.82, 2.24) is 5.32 Å². The molecule has 0 aliphatic carbocycles. The largest absolute Gasteiger partial charge is 0.465 e. The molecule has 0 fully saturated rings. The van der Waals surface area contributed by atoms with Gasteiger partial charge in [0.1, 0.15) is 5.82 Å². The molecule has 4 N–H and O–H groups in total. The van der Waals surface area contributed by atoms with Crippen molar-refractivity contribution in [3.63, 3.8) is 0 Å². The molecular weight excluding hydrogens is 541 g/mol. The number of amides is 1. The van der Waals surface area contributed by atoms with Crippen LogP contribution in [0.3, 0.4) is 0 Å². The van der Waals surface area contributed by atoms with Gasteiger partial charge in [-0.25, -0.2) is 4.39 Å². The fourth-order valence-corrected chi connectivity index (χ4v) is 4.61. The molecule has 4 rings (SSSR count). The number of benzene rings is 4. The van der Waals surface area contributed by atoms with Gasteiger partial charge in [-0.3, -0.25) is 15.0 Å². The van der Waals surface area contributed by atoms with Gasteiger partial charge in [0.2, 0.25) is 6.41 Å². The minimum atomic E-state index is -0.299. The predicted octanol–water partition coefficient (Wildman–Crippen LogP) is 6.82. The fraction of sp³-hybridized carbons (Fsp3) is 0.250. The molecule has 4 aromatic rings. The molecular formula is C36H42FN3O3. The van der Waals surface area contributed by atoms with Crippen molar-refractivity contribution in [3.8, 4) is 11.1 Å². The van der Waals surface area contributed by atoms with Crippen LogP contribution in [0.15, 0.2) is 103 Å². The fourth-order valence-electron chi connectivity index (χ4n) is 4.61. The van der Waals surface area contributed by atoms with Gasteiger partial charge in [0.15, 0.2) is 0 Å². The number of halogens is 1. The summed E-state index contributed by atoms with van der Waals surface area (Å²) >= 11 is 0. The summed E-state index contributed by atoms with van der Waals surface area (Å²) in [4.78, 5) is 22.5. The van der Waals surface area contributed by atoms with Gasteiger partial charge in [-0.05, 0) is 67.5 Å². The lowest BCUT2D eigenvalue weighted by molar-refractivity contribution is -0.142.